The highest BCUT2D eigenvalue weighted by Crippen LogP contribution is 2.30. The minimum atomic E-state index is -0.394. The van der Waals surface area contributed by atoms with Crippen LogP contribution in [-0.2, 0) is 0 Å². The number of nitrogens with one attached hydrogen (secondary N) is 1. The number of ether oxygens (including phenoxy) is 1. The molecule has 0 amide bonds. The Balaban J connectivity index is 2.19. The van der Waals surface area contributed by atoms with Crippen LogP contribution >= 0.6 is 0 Å². The number of non-ortho nitro benzene ring substituents is 1. The Bertz CT molecular complexity index is 416. The van der Waals surface area contributed by atoms with Crippen LogP contribution in [0.4, 0.5) is 11.4 Å². The molecule has 5 heteroatoms. The number of hydrogen-bond acceptors (Lipinski definition) is 4. The first-order valence-electron chi connectivity index (χ1n) is 5.89. The van der Waals surface area contributed by atoms with Gasteiger partial charge < -0.3 is 10.1 Å². The van der Waals surface area contributed by atoms with E-state index in [1.165, 1.54) is 18.6 Å². The van der Waals surface area contributed by atoms with Gasteiger partial charge in [0.15, 0.2) is 0 Å². The monoisotopic (exact) mass is 236 g/mol. The number of benzene rings is 1. The minimum Gasteiger partial charge on any atom is -0.490 e. The molecule has 1 N–H and O–H groups in total. The van der Waals surface area contributed by atoms with Gasteiger partial charge in [-0.15, -0.1) is 0 Å². The summed E-state index contributed by atoms with van der Waals surface area (Å²) in [5.74, 6) is 0.583. The third-order valence-electron chi connectivity index (χ3n) is 2.84. The second-order valence-corrected chi connectivity index (χ2v) is 4.17. The first kappa shape index (κ1) is 11.7. The van der Waals surface area contributed by atoms with Gasteiger partial charge in [-0.25, -0.2) is 0 Å². The molecule has 1 aliphatic rings. The summed E-state index contributed by atoms with van der Waals surface area (Å²) in [4.78, 5) is 10.4. The average Bonchev–Trinajstić information content (AvgIpc) is 2.24. The zero-order valence-electron chi connectivity index (χ0n) is 9.81. The zero-order valence-corrected chi connectivity index (χ0v) is 9.81. The summed E-state index contributed by atoms with van der Waals surface area (Å²) in [6.45, 7) is 2.68. The van der Waals surface area contributed by atoms with Crippen LogP contribution in [0.1, 0.15) is 26.2 Å². The van der Waals surface area contributed by atoms with Gasteiger partial charge in [-0.05, 0) is 26.2 Å². The molecule has 0 unspecified atom stereocenters. The van der Waals surface area contributed by atoms with E-state index >= 15 is 0 Å². The number of nitrogens with zero attached hydrogens (tertiary/aromatic N) is 1. The summed E-state index contributed by atoms with van der Waals surface area (Å²) in [6.07, 6.45) is 3.49. The highest BCUT2D eigenvalue weighted by Gasteiger charge is 2.20. The molecule has 92 valence electrons. The van der Waals surface area contributed by atoms with Gasteiger partial charge >= 0.3 is 0 Å². The SMILES string of the molecule is CCNc1cc(OC2CCC2)cc([N+](=O)[O-])c1. The van der Waals surface area contributed by atoms with Gasteiger partial charge in [0.2, 0.25) is 0 Å². The molecule has 0 bridgehead atoms. The smallest absolute Gasteiger partial charge is 0.275 e. The maximum Gasteiger partial charge on any atom is 0.275 e. The molecule has 1 aromatic carbocycles. The molecule has 0 heterocycles. The molecule has 17 heavy (non-hydrogen) atoms. The van der Waals surface area contributed by atoms with Crippen molar-refractivity contribution in [3.05, 3.63) is 28.3 Å². The first-order chi connectivity index (χ1) is 8.19. The Morgan fingerprint density at radius 2 is 2.24 bits per heavy atom. The summed E-state index contributed by atoms with van der Waals surface area (Å²) in [5.41, 5.74) is 0.800. The van der Waals surface area contributed by atoms with Crippen LogP contribution in [0.2, 0.25) is 0 Å². The lowest BCUT2D eigenvalue weighted by atomic mass is 9.96. The van der Waals surface area contributed by atoms with E-state index in [1.807, 2.05) is 13.0 Å². The molecule has 5 nitrogen and oxygen atoms in total. The Kier molecular flexibility index (Phi) is 3.46. The normalized spacial score (nSPS) is 15.1. The summed E-state index contributed by atoms with van der Waals surface area (Å²) in [6, 6.07) is 4.82. The summed E-state index contributed by atoms with van der Waals surface area (Å²) in [7, 11) is 0. The van der Waals surface area contributed by atoms with Crippen LogP contribution in [0.5, 0.6) is 5.75 Å². The van der Waals surface area contributed by atoms with E-state index in [0.717, 1.165) is 25.1 Å². The van der Waals surface area contributed by atoms with Gasteiger partial charge in [0.25, 0.3) is 5.69 Å². The van der Waals surface area contributed by atoms with Crippen molar-refractivity contribution in [3.63, 3.8) is 0 Å². The van der Waals surface area contributed by atoms with Crippen molar-refractivity contribution in [1.29, 1.82) is 0 Å². The topological polar surface area (TPSA) is 64.4 Å². The standard InChI is InChI=1S/C12H16N2O3/c1-2-13-9-6-10(14(15)16)8-12(7-9)17-11-4-3-5-11/h6-8,11,13H,2-5H2,1H3. The van der Waals surface area contributed by atoms with Crippen LogP contribution in [0.15, 0.2) is 18.2 Å². The van der Waals surface area contributed by atoms with Crippen molar-refractivity contribution in [2.24, 2.45) is 0 Å². The Hall–Kier alpha value is -1.78. The van der Waals surface area contributed by atoms with E-state index in [2.05, 4.69) is 5.32 Å². The van der Waals surface area contributed by atoms with Gasteiger partial charge in [-0.2, -0.15) is 0 Å². The molecule has 0 radical (unpaired) electrons. The molecule has 0 spiro atoms. The maximum atomic E-state index is 10.8. The van der Waals surface area contributed by atoms with E-state index in [9.17, 15) is 10.1 Å². The molecular weight excluding hydrogens is 220 g/mol. The van der Waals surface area contributed by atoms with Gasteiger partial charge in [-0.1, -0.05) is 0 Å². The molecule has 1 aromatic rings. The third-order valence-corrected chi connectivity index (χ3v) is 2.84. The van der Waals surface area contributed by atoms with Crippen LogP contribution < -0.4 is 10.1 Å². The van der Waals surface area contributed by atoms with Crippen LogP contribution in [0.25, 0.3) is 0 Å². The molecule has 0 atom stereocenters. The van der Waals surface area contributed by atoms with Crippen LogP contribution in [0.3, 0.4) is 0 Å². The lowest BCUT2D eigenvalue weighted by Crippen LogP contribution is -2.24. The highest BCUT2D eigenvalue weighted by molar-refractivity contribution is 5.56. The average molecular weight is 236 g/mol. The van der Waals surface area contributed by atoms with E-state index < -0.39 is 4.92 Å². The van der Waals surface area contributed by atoms with Crippen molar-refractivity contribution in [2.45, 2.75) is 32.3 Å². The van der Waals surface area contributed by atoms with Crippen LogP contribution in [0, 0.1) is 10.1 Å². The van der Waals surface area contributed by atoms with Crippen molar-refractivity contribution >= 4 is 11.4 Å². The molecule has 0 aliphatic heterocycles. The summed E-state index contributed by atoms with van der Waals surface area (Å²) < 4.78 is 5.68. The first-order valence-corrected chi connectivity index (χ1v) is 5.89. The number of nitro benzene ring substituents is 1. The molecule has 2 rings (SSSR count). The Labute approximate surface area is 99.9 Å². The van der Waals surface area contributed by atoms with Gasteiger partial charge in [0.1, 0.15) is 5.75 Å². The number of anilines is 1. The van der Waals surface area contributed by atoms with Crippen molar-refractivity contribution in [1.82, 2.24) is 0 Å². The lowest BCUT2D eigenvalue weighted by molar-refractivity contribution is -0.384. The van der Waals surface area contributed by atoms with Crippen LogP contribution in [-0.4, -0.2) is 17.6 Å². The van der Waals surface area contributed by atoms with Gasteiger partial charge in [0, 0.05) is 24.4 Å². The fourth-order valence-electron chi connectivity index (χ4n) is 1.74. The molecule has 1 saturated carbocycles. The quantitative estimate of drug-likeness (QED) is 0.630. The lowest BCUT2D eigenvalue weighted by Gasteiger charge is -2.26. The van der Waals surface area contributed by atoms with Gasteiger partial charge in [0.05, 0.1) is 17.1 Å². The third kappa shape index (κ3) is 2.87. The van der Waals surface area contributed by atoms with E-state index in [0.29, 0.717) is 5.75 Å². The van der Waals surface area contributed by atoms with E-state index in [4.69, 9.17) is 4.74 Å². The molecule has 0 aromatic heterocycles. The van der Waals surface area contributed by atoms with Crippen molar-refractivity contribution in [2.75, 3.05) is 11.9 Å². The van der Waals surface area contributed by atoms with Crippen molar-refractivity contribution in [3.8, 4) is 5.75 Å². The van der Waals surface area contributed by atoms with Crippen molar-refractivity contribution < 1.29 is 9.66 Å². The Morgan fingerprint density at radius 3 is 2.76 bits per heavy atom. The second-order valence-electron chi connectivity index (χ2n) is 4.17. The van der Waals surface area contributed by atoms with E-state index in [1.54, 1.807) is 0 Å². The number of nitro groups is 1. The molecular formula is C12H16N2O3. The summed E-state index contributed by atoms with van der Waals surface area (Å²) in [5, 5.41) is 13.9. The Morgan fingerprint density at radius 1 is 1.47 bits per heavy atom. The molecule has 1 fully saturated rings. The molecule has 0 saturated heterocycles. The largest absolute Gasteiger partial charge is 0.490 e. The zero-order chi connectivity index (χ0) is 12.3. The predicted octanol–water partition coefficient (Wildman–Crippen LogP) is 2.96. The maximum absolute atomic E-state index is 10.8. The van der Waals surface area contributed by atoms with E-state index in [-0.39, 0.29) is 11.8 Å². The number of hydrogen-bond donors (Lipinski definition) is 1. The highest BCUT2D eigenvalue weighted by atomic mass is 16.6. The predicted molar refractivity (Wildman–Crippen MR) is 65.5 cm³/mol. The fourth-order valence-corrected chi connectivity index (χ4v) is 1.74. The second kappa shape index (κ2) is 5.03. The minimum absolute atomic E-state index is 0.0674. The fraction of sp³-hybridized carbons (Fsp3) is 0.500. The number of rotatable bonds is 5. The molecule has 1 aliphatic carbocycles. The van der Waals surface area contributed by atoms with Gasteiger partial charge in [-0.3, -0.25) is 10.1 Å². The summed E-state index contributed by atoms with van der Waals surface area (Å²) >= 11 is 0.